The predicted octanol–water partition coefficient (Wildman–Crippen LogP) is 0.592. The minimum absolute atomic E-state index is 0.130. The molecule has 5 nitrogen and oxygen atoms in total. The van der Waals surface area contributed by atoms with E-state index >= 15 is 0 Å². The van der Waals surface area contributed by atoms with E-state index in [1.54, 1.807) is 0 Å². The molecule has 0 saturated carbocycles. The Bertz CT molecular complexity index is 248. The summed E-state index contributed by atoms with van der Waals surface area (Å²) < 4.78 is 10.4. The van der Waals surface area contributed by atoms with Gasteiger partial charge in [-0.05, 0) is 26.6 Å². The maximum Gasteiger partial charge on any atom is 0.305 e. The fourth-order valence-electron chi connectivity index (χ4n) is 2.21. The van der Waals surface area contributed by atoms with Crippen molar-refractivity contribution in [1.82, 2.24) is 9.80 Å². The standard InChI is InChI=1S/C13H26N2O3/c1-4-15-8-9-18-12(11-15)10-14(2)7-5-6-13(16)17-3/h12H,4-11H2,1-3H3. The lowest BCUT2D eigenvalue weighted by molar-refractivity contribution is -0.140. The van der Waals surface area contributed by atoms with Crippen molar-refractivity contribution in [1.29, 1.82) is 0 Å². The summed E-state index contributed by atoms with van der Waals surface area (Å²) in [7, 11) is 3.51. The molecule has 1 saturated heterocycles. The highest BCUT2D eigenvalue weighted by molar-refractivity contribution is 5.69. The van der Waals surface area contributed by atoms with E-state index in [-0.39, 0.29) is 5.97 Å². The molecule has 1 heterocycles. The quantitative estimate of drug-likeness (QED) is 0.625. The van der Waals surface area contributed by atoms with Crippen molar-refractivity contribution in [2.45, 2.75) is 25.9 Å². The summed E-state index contributed by atoms with van der Waals surface area (Å²) in [5.41, 5.74) is 0. The van der Waals surface area contributed by atoms with E-state index in [1.807, 2.05) is 0 Å². The smallest absolute Gasteiger partial charge is 0.305 e. The zero-order valence-electron chi connectivity index (χ0n) is 11.9. The van der Waals surface area contributed by atoms with Crippen LogP contribution in [0.5, 0.6) is 0 Å². The van der Waals surface area contributed by atoms with Gasteiger partial charge in [-0.25, -0.2) is 0 Å². The van der Waals surface area contributed by atoms with Crippen LogP contribution in [-0.2, 0) is 14.3 Å². The van der Waals surface area contributed by atoms with Gasteiger partial charge in [0.1, 0.15) is 0 Å². The summed E-state index contributed by atoms with van der Waals surface area (Å²) in [6, 6.07) is 0. The molecule has 0 spiro atoms. The van der Waals surface area contributed by atoms with Gasteiger partial charge in [0.05, 0.1) is 19.8 Å². The molecule has 1 fully saturated rings. The molecule has 1 atom stereocenters. The third kappa shape index (κ3) is 5.80. The van der Waals surface area contributed by atoms with Crippen molar-refractivity contribution < 1.29 is 14.3 Å². The maximum absolute atomic E-state index is 11.0. The second-order valence-corrected chi connectivity index (χ2v) is 4.83. The Hall–Kier alpha value is -0.650. The van der Waals surface area contributed by atoms with Gasteiger partial charge in [0, 0.05) is 26.1 Å². The Morgan fingerprint density at radius 2 is 2.33 bits per heavy atom. The van der Waals surface area contributed by atoms with Gasteiger partial charge in [-0.1, -0.05) is 6.92 Å². The molecule has 0 aromatic heterocycles. The lowest BCUT2D eigenvalue weighted by Gasteiger charge is -2.34. The van der Waals surface area contributed by atoms with Gasteiger partial charge in [-0.3, -0.25) is 9.69 Å². The lowest BCUT2D eigenvalue weighted by Crippen LogP contribution is -2.46. The van der Waals surface area contributed by atoms with E-state index < -0.39 is 0 Å². The SMILES string of the molecule is CCN1CCOC(CN(C)CCCC(=O)OC)C1. The molecule has 0 amide bonds. The average Bonchev–Trinajstić information content (AvgIpc) is 2.38. The Labute approximate surface area is 110 Å². The van der Waals surface area contributed by atoms with Crippen LogP contribution in [0.1, 0.15) is 19.8 Å². The molecule has 1 unspecified atom stereocenters. The molecule has 5 heteroatoms. The lowest BCUT2D eigenvalue weighted by atomic mass is 10.2. The molecular formula is C13H26N2O3. The zero-order chi connectivity index (χ0) is 13.4. The van der Waals surface area contributed by atoms with Crippen LogP contribution in [0.3, 0.4) is 0 Å². The number of carbonyl (C=O) groups is 1. The van der Waals surface area contributed by atoms with Gasteiger partial charge < -0.3 is 14.4 Å². The average molecular weight is 258 g/mol. The molecule has 1 rings (SSSR count). The number of hydrogen-bond donors (Lipinski definition) is 0. The normalized spacial score (nSPS) is 21.2. The predicted molar refractivity (Wildman–Crippen MR) is 70.6 cm³/mol. The van der Waals surface area contributed by atoms with Crippen LogP contribution in [0.4, 0.5) is 0 Å². The van der Waals surface area contributed by atoms with E-state index in [2.05, 4.69) is 28.5 Å². The van der Waals surface area contributed by atoms with Crippen molar-refractivity contribution in [2.75, 3.05) is 53.5 Å². The van der Waals surface area contributed by atoms with Crippen molar-refractivity contribution in [2.24, 2.45) is 0 Å². The number of carbonyl (C=O) groups excluding carboxylic acids is 1. The molecule has 1 aliphatic rings. The van der Waals surface area contributed by atoms with Crippen molar-refractivity contribution in [3.8, 4) is 0 Å². The zero-order valence-corrected chi connectivity index (χ0v) is 11.9. The number of rotatable bonds is 7. The Kier molecular flexibility index (Phi) is 7.23. The van der Waals surface area contributed by atoms with Crippen LogP contribution < -0.4 is 0 Å². The summed E-state index contributed by atoms with van der Waals surface area (Å²) in [6.45, 7) is 7.98. The number of esters is 1. The highest BCUT2D eigenvalue weighted by Crippen LogP contribution is 2.06. The number of methoxy groups -OCH3 is 1. The molecular weight excluding hydrogens is 232 g/mol. The monoisotopic (exact) mass is 258 g/mol. The summed E-state index contributed by atoms with van der Waals surface area (Å²) in [4.78, 5) is 15.6. The van der Waals surface area contributed by atoms with E-state index in [0.29, 0.717) is 12.5 Å². The second kappa shape index (κ2) is 8.45. The highest BCUT2D eigenvalue weighted by Gasteiger charge is 2.20. The summed E-state index contributed by atoms with van der Waals surface area (Å²) in [5, 5.41) is 0. The molecule has 1 aliphatic heterocycles. The number of likely N-dealkylation sites (N-methyl/N-ethyl adjacent to an activating group) is 2. The first kappa shape index (κ1) is 15.4. The van der Waals surface area contributed by atoms with Crippen LogP contribution >= 0.6 is 0 Å². The van der Waals surface area contributed by atoms with Gasteiger partial charge in [-0.15, -0.1) is 0 Å². The number of morpholine rings is 1. The van der Waals surface area contributed by atoms with E-state index in [0.717, 1.165) is 45.8 Å². The highest BCUT2D eigenvalue weighted by atomic mass is 16.5. The minimum atomic E-state index is -0.130. The summed E-state index contributed by atoms with van der Waals surface area (Å²) in [5.74, 6) is -0.130. The van der Waals surface area contributed by atoms with Gasteiger partial charge in [0.25, 0.3) is 0 Å². The molecule has 0 bridgehead atoms. The van der Waals surface area contributed by atoms with E-state index in [1.165, 1.54) is 7.11 Å². The number of hydrogen-bond acceptors (Lipinski definition) is 5. The Balaban J connectivity index is 2.15. The Morgan fingerprint density at radius 1 is 1.56 bits per heavy atom. The minimum Gasteiger partial charge on any atom is -0.469 e. The summed E-state index contributed by atoms with van der Waals surface area (Å²) in [6.07, 6.45) is 1.63. The fourth-order valence-corrected chi connectivity index (χ4v) is 2.21. The fraction of sp³-hybridized carbons (Fsp3) is 0.923. The first-order chi connectivity index (χ1) is 8.65. The van der Waals surface area contributed by atoms with Gasteiger partial charge in [0.2, 0.25) is 0 Å². The van der Waals surface area contributed by atoms with Gasteiger partial charge >= 0.3 is 5.97 Å². The Morgan fingerprint density at radius 3 is 3.00 bits per heavy atom. The molecule has 0 aliphatic carbocycles. The van der Waals surface area contributed by atoms with Crippen LogP contribution in [-0.4, -0.2) is 75.4 Å². The van der Waals surface area contributed by atoms with Gasteiger partial charge in [0.15, 0.2) is 0 Å². The molecule has 0 radical (unpaired) electrons. The van der Waals surface area contributed by atoms with Crippen LogP contribution in [0, 0.1) is 0 Å². The first-order valence-corrected chi connectivity index (χ1v) is 6.75. The molecule has 0 N–H and O–H groups in total. The molecule has 18 heavy (non-hydrogen) atoms. The molecule has 0 aromatic carbocycles. The van der Waals surface area contributed by atoms with Crippen molar-refractivity contribution in [3.05, 3.63) is 0 Å². The largest absolute Gasteiger partial charge is 0.469 e. The maximum atomic E-state index is 11.0. The van der Waals surface area contributed by atoms with Gasteiger partial charge in [-0.2, -0.15) is 0 Å². The molecule has 0 aromatic rings. The summed E-state index contributed by atoms with van der Waals surface area (Å²) >= 11 is 0. The number of ether oxygens (including phenoxy) is 2. The van der Waals surface area contributed by atoms with Crippen molar-refractivity contribution in [3.63, 3.8) is 0 Å². The number of nitrogens with zero attached hydrogens (tertiary/aromatic N) is 2. The van der Waals surface area contributed by atoms with Crippen molar-refractivity contribution >= 4 is 5.97 Å². The van der Waals surface area contributed by atoms with Crippen LogP contribution in [0.2, 0.25) is 0 Å². The first-order valence-electron chi connectivity index (χ1n) is 6.75. The van der Waals surface area contributed by atoms with Crippen LogP contribution in [0.25, 0.3) is 0 Å². The third-order valence-electron chi connectivity index (χ3n) is 3.33. The van der Waals surface area contributed by atoms with E-state index in [4.69, 9.17) is 4.74 Å². The third-order valence-corrected chi connectivity index (χ3v) is 3.33. The topological polar surface area (TPSA) is 42.0 Å². The van der Waals surface area contributed by atoms with Crippen LogP contribution in [0.15, 0.2) is 0 Å². The van der Waals surface area contributed by atoms with E-state index in [9.17, 15) is 4.79 Å². The second-order valence-electron chi connectivity index (χ2n) is 4.83. The molecule has 106 valence electrons.